The van der Waals surface area contributed by atoms with Crippen molar-refractivity contribution in [1.29, 1.82) is 0 Å². The molecule has 7 nitrogen and oxygen atoms in total. The van der Waals surface area contributed by atoms with Crippen LogP contribution >= 0.6 is 11.6 Å². The Hall–Kier alpha value is -2.85. The summed E-state index contributed by atoms with van der Waals surface area (Å²) in [4.78, 5) is 28.4. The zero-order chi connectivity index (χ0) is 20.6. The van der Waals surface area contributed by atoms with Crippen LogP contribution in [0.25, 0.3) is 5.65 Å². The topological polar surface area (TPSA) is 88.6 Å². The van der Waals surface area contributed by atoms with Gasteiger partial charge in [0, 0.05) is 0 Å². The Morgan fingerprint density at radius 2 is 2.04 bits per heavy atom. The summed E-state index contributed by atoms with van der Waals surface area (Å²) in [6.45, 7) is 0.839. The molecule has 0 aliphatic carbocycles. The standard InChI is InChI=1S/C17H14ClF3N4O3/c1-9(10-2-3-11(12(18)6-10)17(19,20)21)24-8-22-13-4-5-14(23-15(27)7-26)25(13)16(24)28/h2-6,8-9,26H,7H2,1H3,(H,23,27). The maximum Gasteiger partial charge on any atom is 0.417 e. The fourth-order valence-electron chi connectivity index (χ4n) is 2.74. The summed E-state index contributed by atoms with van der Waals surface area (Å²) >= 11 is 5.76. The van der Waals surface area contributed by atoms with Crippen LogP contribution in [0.3, 0.4) is 0 Å². The number of carbonyl (C=O) groups excluding carboxylic acids is 1. The van der Waals surface area contributed by atoms with Gasteiger partial charge in [-0.15, -0.1) is 0 Å². The summed E-state index contributed by atoms with van der Waals surface area (Å²) in [6, 6.07) is 5.50. The predicted molar refractivity (Wildman–Crippen MR) is 95.4 cm³/mol. The van der Waals surface area contributed by atoms with Gasteiger partial charge in [-0.05, 0) is 36.8 Å². The molecule has 0 saturated carbocycles. The van der Waals surface area contributed by atoms with E-state index >= 15 is 0 Å². The van der Waals surface area contributed by atoms with Crippen molar-refractivity contribution in [3.8, 4) is 0 Å². The number of alkyl halides is 3. The molecule has 2 heterocycles. The smallest absolute Gasteiger partial charge is 0.387 e. The highest BCUT2D eigenvalue weighted by Gasteiger charge is 2.33. The number of aromatic nitrogens is 3. The van der Waals surface area contributed by atoms with Gasteiger partial charge >= 0.3 is 11.9 Å². The number of hydrogen-bond donors (Lipinski definition) is 2. The van der Waals surface area contributed by atoms with Crippen molar-refractivity contribution >= 4 is 29.0 Å². The Labute approximate surface area is 161 Å². The van der Waals surface area contributed by atoms with E-state index in [1.165, 1.54) is 29.1 Å². The number of rotatable bonds is 4. The Morgan fingerprint density at radius 1 is 1.32 bits per heavy atom. The molecule has 0 spiro atoms. The summed E-state index contributed by atoms with van der Waals surface area (Å²) in [5, 5.41) is 10.8. The fourth-order valence-corrected chi connectivity index (χ4v) is 3.04. The summed E-state index contributed by atoms with van der Waals surface area (Å²) in [5.41, 5.74) is -0.918. The fraction of sp³-hybridized carbons (Fsp3) is 0.235. The molecule has 1 atom stereocenters. The average molecular weight is 415 g/mol. The molecule has 1 amide bonds. The molecule has 3 rings (SSSR count). The van der Waals surface area contributed by atoms with E-state index < -0.39 is 41.0 Å². The van der Waals surface area contributed by atoms with Gasteiger partial charge in [0.2, 0.25) is 0 Å². The van der Waals surface area contributed by atoms with Gasteiger partial charge in [-0.1, -0.05) is 17.7 Å². The van der Waals surface area contributed by atoms with Crippen molar-refractivity contribution in [3.05, 3.63) is 63.3 Å². The second-order valence-corrected chi connectivity index (χ2v) is 6.37. The first-order valence-corrected chi connectivity index (χ1v) is 8.37. The molecule has 0 fully saturated rings. The van der Waals surface area contributed by atoms with Crippen LogP contribution in [0.5, 0.6) is 0 Å². The summed E-state index contributed by atoms with van der Waals surface area (Å²) < 4.78 is 41.0. The number of halogens is 4. The molecule has 0 aliphatic heterocycles. The highest BCUT2D eigenvalue weighted by Crippen LogP contribution is 2.36. The van der Waals surface area contributed by atoms with Gasteiger partial charge in [-0.2, -0.15) is 13.2 Å². The lowest BCUT2D eigenvalue weighted by atomic mass is 10.1. The van der Waals surface area contributed by atoms with Crippen LogP contribution in [0.1, 0.15) is 24.1 Å². The number of amides is 1. The van der Waals surface area contributed by atoms with Crippen molar-refractivity contribution in [2.24, 2.45) is 0 Å². The van der Waals surface area contributed by atoms with E-state index in [0.29, 0.717) is 5.56 Å². The molecular formula is C17H14ClF3N4O3. The molecule has 0 bridgehead atoms. The number of fused-ring (bicyclic) bond motifs is 1. The molecule has 1 aromatic carbocycles. The number of aliphatic hydroxyl groups excluding tert-OH is 1. The van der Waals surface area contributed by atoms with Crippen molar-refractivity contribution in [2.45, 2.75) is 19.1 Å². The Bertz CT molecular complexity index is 1110. The molecule has 2 N–H and O–H groups in total. The van der Waals surface area contributed by atoms with E-state index in [-0.39, 0.29) is 11.5 Å². The maximum absolute atomic E-state index is 12.9. The van der Waals surface area contributed by atoms with Crippen LogP contribution in [-0.4, -0.2) is 31.6 Å². The molecule has 0 aliphatic rings. The molecule has 3 aromatic rings. The third-order valence-corrected chi connectivity index (χ3v) is 4.51. The molecule has 1 unspecified atom stereocenters. The first-order chi connectivity index (χ1) is 13.1. The quantitative estimate of drug-likeness (QED) is 0.687. The van der Waals surface area contributed by atoms with E-state index in [1.807, 2.05) is 0 Å². The van der Waals surface area contributed by atoms with E-state index in [4.69, 9.17) is 16.7 Å². The van der Waals surface area contributed by atoms with Crippen LogP contribution in [0, 0.1) is 0 Å². The molecule has 11 heteroatoms. The second-order valence-electron chi connectivity index (χ2n) is 5.97. The minimum Gasteiger partial charge on any atom is -0.387 e. The normalized spacial score (nSPS) is 12.9. The summed E-state index contributed by atoms with van der Waals surface area (Å²) in [5.74, 6) is -0.601. The first-order valence-electron chi connectivity index (χ1n) is 7.99. The predicted octanol–water partition coefficient (Wildman–Crippen LogP) is 2.71. The lowest BCUT2D eigenvalue weighted by Crippen LogP contribution is -2.31. The number of anilines is 1. The zero-order valence-corrected chi connectivity index (χ0v) is 15.1. The van der Waals surface area contributed by atoms with Gasteiger partial charge in [0.25, 0.3) is 5.91 Å². The number of benzene rings is 1. The van der Waals surface area contributed by atoms with E-state index in [9.17, 15) is 22.8 Å². The van der Waals surface area contributed by atoms with Gasteiger partial charge in [-0.25, -0.2) is 14.2 Å². The zero-order valence-electron chi connectivity index (χ0n) is 14.4. The summed E-state index contributed by atoms with van der Waals surface area (Å²) in [7, 11) is 0. The molecule has 148 valence electrons. The number of nitrogens with one attached hydrogen (secondary N) is 1. The van der Waals surface area contributed by atoms with Crippen molar-refractivity contribution in [3.63, 3.8) is 0 Å². The number of aliphatic hydroxyl groups is 1. The van der Waals surface area contributed by atoms with Crippen LogP contribution in [-0.2, 0) is 11.0 Å². The molecule has 0 radical (unpaired) electrons. The van der Waals surface area contributed by atoms with Crippen LogP contribution in [0.4, 0.5) is 19.0 Å². The highest BCUT2D eigenvalue weighted by molar-refractivity contribution is 6.31. The van der Waals surface area contributed by atoms with Crippen LogP contribution < -0.4 is 11.0 Å². The second kappa shape index (κ2) is 7.28. The van der Waals surface area contributed by atoms with E-state index in [0.717, 1.165) is 16.5 Å². The summed E-state index contributed by atoms with van der Waals surface area (Å²) in [6.07, 6.45) is -3.33. The third-order valence-electron chi connectivity index (χ3n) is 4.20. The maximum atomic E-state index is 12.9. The Morgan fingerprint density at radius 3 is 2.64 bits per heavy atom. The number of nitrogens with zero attached hydrogens (tertiary/aromatic N) is 3. The van der Waals surface area contributed by atoms with E-state index in [2.05, 4.69) is 10.3 Å². The van der Waals surface area contributed by atoms with Crippen molar-refractivity contribution < 1.29 is 23.1 Å². The third kappa shape index (κ3) is 3.60. The molecule has 0 saturated heterocycles. The van der Waals surface area contributed by atoms with E-state index in [1.54, 1.807) is 6.92 Å². The van der Waals surface area contributed by atoms with Gasteiger partial charge in [0.05, 0.1) is 16.6 Å². The monoisotopic (exact) mass is 414 g/mol. The van der Waals surface area contributed by atoms with Gasteiger partial charge in [0.15, 0.2) is 0 Å². The van der Waals surface area contributed by atoms with Crippen LogP contribution in [0.2, 0.25) is 5.02 Å². The number of carbonyl (C=O) groups is 1. The number of hydrogen-bond acceptors (Lipinski definition) is 4. The molecule has 28 heavy (non-hydrogen) atoms. The lowest BCUT2D eigenvalue weighted by Gasteiger charge is -2.17. The minimum atomic E-state index is -4.58. The van der Waals surface area contributed by atoms with Gasteiger partial charge in [-0.3, -0.25) is 9.36 Å². The lowest BCUT2D eigenvalue weighted by molar-refractivity contribution is -0.137. The van der Waals surface area contributed by atoms with Crippen molar-refractivity contribution in [1.82, 2.24) is 14.0 Å². The SMILES string of the molecule is CC(c1ccc(C(F)(F)F)c(Cl)c1)n1cnc2ccc(NC(=O)CO)n2c1=O. The minimum absolute atomic E-state index is 0.110. The first kappa shape index (κ1) is 19.9. The molecule has 2 aromatic heterocycles. The Kier molecular flexibility index (Phi) is 5.18. The van der Waals surface area contributed by atoms with Gasteiger partial charge in [0.1, 0.15) is 24.4 Å². The largest absolute Gasteiger partial charge is 0.417 e. The average Bonchev–Trinajstić information content (AvgIpc) is 3.03. The highest BCUT2D eigenvalue weighted by atomic mass is 35.5. The Balaban J connectivity index is 2.05. The van der Waals surface area contributed by atoms with Gasteiger partial charge < -0.3 is 10.4 Å². The van der Waals surface area contributed by atoms with Crippen molar-refractivity contribution in [2.75, 3.05) is 11.9 Å². The molecular weight excluding hydrogens is 401 g/mol. The van der Waals surface area contributed by atoms with Crippen LogP contribution in [0.15, 0.2) is 41.5 Å².